The van der Waals surface area contributed by atoms with Crippen LogP contribution in [0.15, 0.2) is 29.1 Å². The number of fused-ring (bicyclic) bond motifs is 1. The summed E-state index contributed by atoms with van der Waals surface area (Å²) in [6.45, 7) is 3.41. The number of ether oxygens (including phenoxy) is 1. The largest absolute Gasteiger partial charge is 0.379 e. The van der Waals surface area contributed by atoms with Crippen LogP contribution < -0.4 is 16.6 Å². The first kappa shape index (κ1) is 21.5. The van der Waals surface area contributed by atoms with E-state index in [0.717, 1.165) is 43.5 Å². The normalized spacial score (nSPS) is 19.2. The summed E-state index contributed by atoms with van der Waals surface area (Å²) >= 11 is 0. The van der Waals surface area contributed by atoms with E-state index < -0.39 is 11.5 Å². The van der Waals surface area contributed by atoms with Crippen molar-refractivity contribution in [2.24, 2.45) is 5.73 Å². The number of nitrogens with one attached hydrogen (secondary N) is 1. The minimum Gasteiger partial charge on any atom is -0.379 e. The first-order valence-electron chi connectivity index (χ1n) is 10.9. The van der Waals surface area contributed by atoms with Crippen LogP contribution in [-0.2, 0) is 16.1 Å². The molecule has 2 aliphatic rings. The van der Waals surface area contributed by atoms with Crippen molar-refractivity contribution in [1.29, 1.82) is 0 Å². The molecular formula is C22H29N5O4. The van der Waals surface area contributed by atoms with E-state index in [9.17, 15) is 14.4 Å². The minimum atomic E-state index is -0.737. The smallest absolute Gasteiger partial charge is 0.275 e. The Morgan fingerprint density at radius 2 is 1.77 bits per heavy atom. The van der Waals surface area contributed by atoms with Crippen LogP contribution >= 0.6 is 0 Å². The SMILES string of the molecule is NC(=O)c1nn(CC(=O)NCC2(N3CCOCC3)CCCCC2)c(=O)c2ccccc12. The van der Waals surface area contributed by atoms with Gasteiger partial charge in [-0.3, -0.25) is 19.3 Å². The number of nitrogens with zero attached hydrogens (tertiary/aromatic N) is 3. The van der Waals surface area contributed by atoms with Gasteiger partial charge in [-0.2, -0.15) is 5.10 Å². The van der Waals surface area contributed by atoms with Gasteiger partial charge >= 0.3 is 0 Å². The third-order valence-electron chi connectivity index (χ3n) is 6.48. The molecule has 1 saturated heterocycles. The van der Waals surface area contributed by atoms with Gasteiger partial charge in [0, 0.05) is 30.6 Å². The van der Waals surface area contributed by atoms with Crippen molar-refractivity contribution < 1.29 is 14.3 Å². The summed E-state index contributed by atoms with van der Waals surface area (Å²) in [6, 6.07) is 6.65. The Kier molecular flexibility index (Phi) is 6.33. The molecule has 1 aliphatic carbocycles. The molecule has 2 amide bonds. The third kappa shape index (κ3) is 4.47. The number of carbonyl (C=O) groups excluding carboxylic acids is 2. The molecule has 0 spiro atoms. The van der Waals surface area contributed by atoms with Crippen LogP contribution in [0.5, 0.6) is 0 Å². The van der Waals surface area contributed by atoms with Gasteiger partial charge in [-0.15, -0.1) is 0 Å². The Morgan fingerprint density at radius 3 is 2.45 bits per heavy atom. The number of rotatable bonds is 6. The molecule has 31 heavy (non-hydrogen) atoms. The lowest BCUT2D eigenvalue weighted by molar-refractivity contribution is -0.123. The van der Waals surface area contributed by atoms with Gasteiger partial charge in [0.25, 0.3) is 11.5 Å². The van der Waals surface area contributed by atoms with Crippen molar-refractivity contribution in [2.75, 3.05) is 32.8 Å². The van der Waals surface area contributed by atoms with E-state index in [-0.39, 0.29) is 23.7 Å². The van der Waals surface area contributed by atoms with Crippen LogP contribution in [0.3, 0.4) is 0 Å². The fourth-order valence-corrected chi connectivity index (χ4v) is 4.83. The maximum absolute atomic E-state index is 12.8. The minimum absolute atomic E-state index is 0.0138. The zero-order valence-corrected chi connectivity index (χ0v) is 17.6. The summed E-state index contributed by atoms with van der Waals surface area (Å²) < 4.78 is 6.53. The van der Waals surface area contributed by atoms with Crippen molar-refractivity contribution in [1.82, 2.24) is 20.0 Å². The van der Waals surface area contributed by atoms with E-state index in [1.807, 2.05) is 0 Å². The fraction of sp³-hybridized carbons (Fsp3) is 0.545. The maximum atomic E-state index is 12.8. The molecule has 0 atom stereocenters. The zero-order chi connectivity index (χ0) is 21.8. The molecule has 1 aromatic heterocycles. The molecule has 0 bridgehead atoms. The molecule has 0 radical (unpaired) electrons. The van der Waals surface area contributed by atoms with Crippen molar-refractivity contribution in [3.8, 4) is 0 Å². The fourth-order valence-electron chi connectivity index (χ4n) is 4.83. The first-order valence-corrected chi connectivity index (χ1v) is 10.9. The Balaban J connectivity index is 1.52. The van der Waals surface area contributed by atoms with E-state index >= 15 is 0 Å². The highest BCUT2D eigenvalue weighted by Crippen LogP contribution is 2.33. The van der Waals surface area contributed by atoms with Crippen LogP contribution in [-0.4, -0.2) is 64.9 Å². The van der Waals surface area contributed by atoms with Crippen molar-refractivity contribution >= 4 is 22.6 Å². The van der Waals surface area contributed by atoms with E-state index in [1.165, 1.54) is 6.42 Å². The van der Waals surface area contributed by atoms with Crippen molar-refractivity contribution in [2.45, 2.75) is 44.2 Å². The second kappa shape index (κ2) is 9.15. The van der Waals surface area contributed by atoms with Crippen LogP contribution in [0.25, 0.3) is 10.8 Å². The number of amides is 2. The monoisotopic (exact) mass is 427 g/mol. The summed E-state index contributed by atoms with van der Waals surface area (Å²) in [7, 11) is 0. The molecule has 0 unspecified atom stereocenters. The van der Waals surface area contributed by atoms with Crippen LogP contribution in [0.4, 0.5) is 0 Å². The summed E-state index contributed by atoms with van der Waals surface area (Å²) in [5.74, 6) is -1.04. The second-order valence-corrected chi connectivity index (χ2v) is 8.38. The number of morpholine rings is 1. The molecule has 9 heteroatoms. The molecule has 1 saturated carbocycles. The second-order valence-electron chi connectivity index (χ2n) is 8.38. The van der Waals surface area contributed by atoms with Gasteiger partial charge in [-0.05, 0) is 18.9 Å². The lowest BCUT2D eigenvalue weighted by Crippen LogP contribution is -2.60. The van der Waals surface area contributed by atoms with Crippen LogP contribution in [0.2, 0.25) is 0 Å². The van der Waals surface area contributed by atoms with Crippen LogP contribution in [0.1, 0.15) is 42.6 Å². The Hall–Kier alpha value is -2.78. The van der Waals surface area contributed by atoms with E-state index in [0.29, 0.717) is 30.5 Å². The average molecular weight is 428 g/mol. The molecule has 2 fully saturated rings. The molecule has 3 N–H and O–H groups in total. The topological polar surface area (TPSA) is 120 Å². The molecule has 9 nitrogen and oxygen atoms in total. The van der Waals surface area contributed by atoms with E-state index in [2.05, 4.69) is 15.3 Å². The van der Waals surface area contributed by atoms with Gasteiger partial charge in [0.1, 0.15) is 6.54 Å². The number of benzene rings is 1. The van der Waals surface area contributed by atoms with Gasteiger partial charge in [0.05, 0.1) is 18.6 Å². The third-order valence-corrected chi connectivity index (χ3v) is 6.48. The zero-order valence-electron chi connectivity index (χ0n) is 17.6. The number of nitrogens with two attached hydrogens (primary N) is 1. The molecule has 166 valence electrons. The predicted octanol–water partition coefficient (Wildman–Crippen LogP) is 0.647. The number of hydrogen-bond acceptors (Lipinski definition) is 6. The highest BCUT2D eigenvalue weighted by molar-refractivity contribution is 6.04. The van der Waals surface area contributed by atoms with Gasteiger partial charge in [0.15, 0.2) is 5.69 Å². The molecular weight excluding hydrogens is 398 g/mol. The summed E-state index contributed by atoms with van der Waals surface area (Å²) in [4.78, 5) is 39.9. The Bertz CT molecular complexity index is 1020. The molecule has 1 aliphatic heterocycles. The van der Waals surface area contributed by atoms with Gasteiger partial charge in [0.2, 0.25) is 5.91 Å². The summed E-state index contributed by atoms with van der Waals surface area (Å²) in [5, 5.41) is 7.82. The number of aromatic nitrogens is 2. The lowest BCUT2D eigenvalue weighted by Gasteiger charge is -2.48. The quantitative estimate of drug-likeness (QED) is 0.698. The average Bonchev–Trinajstić information content (AvgIpc) is 2.80. The highest BCUT2D eigenvalue weighted by atomic mass is 16.5. The Labute approximate surface area is 180 Å². The first-order chi connectivity index (χ1) is 15.0. The maximum Gasteiger partial charge on any atom is 0.275 e. The van der Waals surface area contributed by atoms with Gasteiger partial charge in [-0.1, -0.05) is 37.5 Å². The molecule has 2 heterocycles. The standard InChI is InChI=1S/C22H29N5O4/c23-20(29)19-16-6-2-3-7-17(16)21(30)27(25-19)14-18(28)24-15-22(8-4-1-5-9-22)26-10-12-31-13-11-26/h2-3,6-7H,1,4-5,8-15H2,(H2,23,29)(H,24,28). The molecule has 2 aromatic rings. The summed E-state index contributed by atoms with van der Waals surface area (Å²) in [5.41, 5.74) is 4.95. The highest BCUT2D eigenvalue weighted by Gasteiger charge is 2.38. The Morgan fingerprint density at radius 1 is 1.10 bits per heavy atom. The number of hydrogen-bond donors (Lipinski definition) is 2. The molecule has 1 aromatic carbocycles. The van der Waals surface area contributed by atoms with Gasteiger partial charge in [-0.25, -0.2) is 4.68 Å². The number of primary amides is 1. The lowest BCUT2D eigenvalue weighted by atomic mass is 9.79. The van der Waals surface area contributed by atoms with Crippen LogP contribution in [0, 0.1) is 0 Å². The van der Waals surface area contributed by atoms with E-state index in [4.69, 9.17) is 10.5 Å². The summed E-state index contributed by atoms with van der Waals surface area (Å²) in [6.07, 6.45) is 5.56. The van der Waals surface area contributed by atoms with Crippen molar-refractivity contribution in [3.63, 3.8) is 0 Å². The number of carbonyl (C=O) groups is 2. The molecule has 4 rings (SSSR count). The van der Waals surface area contributed by atoms with Gasteiger partial charge < -0.3 is 15.8 Å². The van der Waals surface area contributed by atoms with E-state index in [1.54, 1.807) is 24.3 Å². The predicted molar refractivity (Wildman–Crippen MR) is 116 cm³/mol. The van der Waals surface area contributed by atoms with Crippen molar-refractivity contribution in [3.05, 3.63) is 40.3 Å².